The number of amides is 3. The van der Waals surface area contributed by atoms with Gasteiger partial charge in [-0.25, -0.2) is 4.79 Å². The van der Waals surface area contributed by atoms with Gasteiger partial charge >= 0.3 is 6.03 Å². The minimum absolute atomic E-state index is 0.00740. The molecule has 0 saturated carbocycles. The molecule has 0 unspecified atom stereocenters. The Balaban J connectivity index is 1.17. The molecule has 0 N–H and O–H groups in total. The molecule has 3 aliphatic heterocycles. The van der Waals surface area contributed by atoms with Crippen molar-refractivity contribution in [2.24, 2.45) is 0 Å². The largest absolute Gasteiger partial charge is 0.486 e. The summed E-state index contributed by atoms with van der Waals surface area (Å²) < 4.78 is 11.2. The highest BCUT2D eigenvalue weighted by Gasteiger charge is 2.33. The average Bonchev–Trinajstić information content (AvgIpc) is 3.20. The summed E-state index contributed by atoms with van der Waals surface area (Å²) in [5, 5.41) is 0. The number of benzene rings is 2. The molecule has 8 nitrogen and oxygen atoms in total. The summed E-state index contributed by atoms with van der Waals surface area (Å²) in [4.78, 5) is 33.5. The molecule has 5 rings (SSSR count). The van der Waals surface area contributed by atoms with Crippen LogP contribution >= 0.6 is 0 Å². The Morgan fingerprint density at radius 1 is 0.879 bits per heavy atom. The molecular formula is C25H30N4O4. The number of carbonyl (C=O) groups excluding carboxylic acids is 2. The second-order valence-corrected chi connectivity index (χ2v) is 8.84. The molecule has 0 radical (unpaired) electrons. The first-order valence-corrected chi connectivity index (χ1v) is 11.6. The highest BCUT2D eigenvalue weighted by atomic mass is 16.6. The number of aryl methyl sites for hydroxylation is 2. The molecule has 3 aliphatic rings. The van der Waals surface area contributed by atoms with Crippen molar-refractivity contribution in [3.05, 3.63) is 47.5 Å². The topological polar surface area (TPSA) is 65.6 Å². The van der Waals surface area contributed by atoms with Gasteiger partial charge in [0.1, 0.15) is 19.8 Å². The van der Waals surface area contributed by atoms with E-state index in [4.69, 9.17) is 9.47 Å². The maximum absolute atomic E-state index is 13.0. The van der Waals surface area contributed by atoms with E-state index in [1.807, 2.05) is 23.1 Å². The number of hydrogen-bond acceptors (Lipinski definition) is 5. The zero-order valence-corrected chi connectivity index (χ0v) is 19.2. The van der Waals surface area contributed by atoms with Gasteiger partial charge in [0.2, 0.25) is 5.91 Å². The van der Waals surface area contributed by atoms with E-state index >= 15 is 0 Å². The minimum Gasteiger partial charge on any atom is -0.486 e. The number of urea groups is 1. The van der Waals surface area contributed by atoms with Gasteiger partial charge in [-0.1, -0.05) is 12.1 Å². The van der Waals surface area contributed by atoms with Crippen molar-refractivity contribution in [2.45, 2.75) is 13.8 Å². The minimum atomic E-state index is -0.144. The molecule has 3 heterocycles. The highest BCUT2D eigenvalue weighted by Crippen LogP contribution is 2.35. The second kappa shape index (κ2) is 8.84. The summed E-state index contributed by atoms with van der Waals surface area (Å²) in [6.45, 7) is 9.38. The van der Waals surface area contributed by atoms with Crippen LogP contribution in [0.5, 0.6) is 11.5 Å². The molecule has 0 spiro atoms. The van der Waals surface area contributed by atoms with E-state index in [2.05, 4.69) is 36.9 Å². The van der Waals surface area contributed by atoms with E-state index in [0.717, 1.165) is 18.8 Å². The van der Waals surface area contributed by atoms with Crippen molar-refractivity contribution in [1.29, 1.82) is 0 Å². The van der Waals surface area contributed by atoms with Gasteiger partial charge in [-0.2, -0.15) is 0 Å². The maximum Gasteiger partial charge on any atom is 0.325 e. The third-order valence-electron chi connectivity index (χ3n) is 6.60. The highest BCUT2D eigenvalue weighted by molar-refractivity contribution is 5.96. The molecule has 0 aliphatic carbocycles. The van der Waals surface area contributed by atoms with E-state index in [0.29, 0.717) is 50.9 Å². The lowest BCUT2D eigenvalue weighted by Gasteiger charge is -2.37. The molecule has 174 valence electrons. The Bertz CT molecular complexity index is 1060. The molecular weight excluding hydrogens is 420 g/mol. The number of ether oxygens (including phenoxy) is 2. The summed E-state index contributed by atoms with van der Waals surface area (Å²) in [5.74, 6) is 1.36. The summed E-state index contributed by atoms with van der Waals surface area (Å²) >= 11 is 0. The van der Waals surface area contributed by atoms with Crippen LogP contribution in [0.3, 0.4) is 0 Å². The summed E-state index contributed by atoms with van der Waals surface area (Å²) in [5.41, 5.74) is 4.50. The third-order valence-corrected chi connectivity index (χ3v) is 6.60. The summed E-state index contributed by atoms with van der Waals surface area (Å²) in [6.07, 6.45) is 0. The van der Waals surface area contributed by atoms with Gasteiger partial charge in [0.25, 0.3) is 0 Å². The second-order valence-electron chi connectivity index (χ2n) is 8.84. The van der Waals surface area contributed by atoms with Gasteiger partial charge in [0.05, 0.1) is 0 Å². The van der Waals surface area contributed by atoms with Crippen LogP contribution in [0.15, 0.2) is 36.4 Å². The Morgan fingerprint density at radius 2 is 1.64 bits per heavy atom. The molecule has 8 heteroatoms. The van der Waals surface area contributed by atoms with E-state index in [-0.39, 0.29) is 18.5 Å². The fraction of sp³-hybridized carbons (Fsp3) is 0.440. The van der Waals surface area contributed by atoms with Crippen molar-refractivity contribution in [2.75, 3.05) is 68.8 Å². The molecule has 2 saturated heterocycles. The SMILES string of the molecule is Cc1ccc(C)c(N2CCN(C(=O)CN3CCN(c4ccc5c(c4)OCCO5)C3=O)CC2)c1. The lowest BCUT2D eigenvalue weighted by atomic mass is 10.1. The van der Waals surface area contributed by atoms with Gasteiger partial charge in [-0.15, -0.1) is 0 Å². The van der Waals surface area contributed by atoms with Gasteiger partial charge in [-0.05, 0) is 43.2 Å². The number of fused-ring (bicyclic) bond motifs is 1. The van der Waals surface area contributed by atoms with Crippen LogP contribution in [0.2, 0.25) is 0 Å². The average molecular weight is 451 g/mol. The monoisotopic (exact) mass is 450 g/mol. The predicted octanol–water partition coefficient (Wildman–Crippen LogP) is 2.67. The van der Waals surface area contributed by atoms with Crippen LogP contribution in [0.1, 0.15) is 11.1 Å². The molecule has 2 fully saturated rings. The number of rotatable bonds is 4. The van der Waals surface area contributed by atoms with Crippen LogP contribution in [-0.4, -0.2) is 80.8 Å². The number of nitrogens with zero attached hydrogens (tertiary/aromatic N) is 4. The van der Waals surface area contributed by atoms with Crippen LogP contribution in [-0.2, 0) is 4.79 Å². The van der Waals surface area contributed by atoms with Crippen molar-refractivity contribution in [1.82, 2.24) is 9.80 Å². The first-order valence-electron chi connectivity index (χ1n) is 11.6. The fourth-order valence-electron chi connectivity index (χ4n) is 4.69. The van der Waals surface area contributed by atoms with Gasteiger partial charge in [-0.3, -0.25) is 9.69 Å². The Hall–Kier alpha value is -3.42. The predicted molar refractivity (Wildman–Crippen MR) is 126 cm³/mol. The Labute approximate surface area is 194 Å². The molecule has 0 bridgehead atoms. The molecule has 33 heavy (non-hydrogen) atoms. The third kappa shape index (κ3) is 4.29. The number of hydrogen-bond donors (Lipinski definition) is 0. The van der Waals surface area contributed by atoms with Crippen molar-refractivity contribution < 1.29 is 19.1 Å². The smallest absolute Gasteiger partial charge is 0.325 e. The van der Waals surface area contributed by atoms with Crippen molar-refractivity contribution in [3.8, 4) is 11.5 Å². The molecule has 2 aromatic carbocycles. The first-order chi connectivity index (χ1) is 16.0. The van der Waals surface area contributed by atoms with E-state index < -0.39 is 0 Å². The van der Waals surface area contributed by atoms with Crippen LogP contribution in [0.25, 0.3) is 0 Å². The first kappa shape index (κ1) is 21.4. The van der Waals surface area contributed by atoms with Gasteiger partial charge in [0.15, 0.2) is 11.5 Å². The number of piperazine rings is 1. The quantitative estimate of drug-likeness (QED) is 0.717. The van der Waals surface area contributed by atoms with Crippen LogP contribution in [0, 0.1) is 13.8 Å². The van der Waals surface area contributed by atoms with E-state index in [1.54, 1.807) is 9.80 Å². The van der Waals surface area contributed by atoms with Gasteiger partial charge in [0, 0.05) is 56.7 Å². The summed E-state index contributed by atoms with van der Waals surface area (Å²) in [6, 6.07) is 11.9. The van der Waals surface area contributed by atoms with Crippen molar-refractivity contribution >= 4 is 23.3 Å². The maximum atomic E-state index is 13.0. The lowest BCUT2D eigenvalue weighted by Crippen LogP contribution is -2.51. The van der Waals surface area contributed by atoms with E-state index in [1.165, 1.54) is 16.8 Å². The zero-order chi connectivity index (χ0) is 22.9. The lowest BCUT2D eigenvalue weighted by molar-refractivity contribution is -0.131. The number of carbonyl (C=O) groups is 2. The Kier molecular flexibility index (Phi) is 5.74. The molecule has 0 aromatic heterocycles. The molecule has 2 aromatic rings. The van der Waals surface area contributed by atoms with Gasteiger partial charge < -0.3 is 24.2 Å². The normalized spacial score (nSPS) is 18.2. The van der Waals surface area contributed by atoms with Crippen molar-refractivity contribution in [3.63, 3.8) is 0 Å². The van der Waals surface area contributed by atoms with Crippen LogP contribution in [0.4, 0.5) is 16.2 Å². The molecule has 0 atom stereocenters. The standard InChI is InChI=1S/C25H30N4O4/c1-18-3-4-19(2)21(15-18)26-7-9-27(10-8-26)24(30)17-28-11-12-29(25(28)31)20-5-6-22-23(16-20)33-14-13-32-22/h3-6,15-16H,7-14,17H2,1-2H3. The fourth-order valence-corrected chi connectivity index (χ4v) is 4.69. The zero-order valence-electron chi connectivity index (χ0n) is 19.2. The van der Waals surface area contributed by atoms with Crippen LogP contribution < -0.4 is 19.3 Å². The number of anilines is 2. The van der Waals surface area contributed by atoms with E-state index in [9.17, 15) is 9.59 Å². The summed E-state index contributed by atoms with van der Waals surface area (Å²) in [7, 11) is 0. The molecule has 3 amide bonds. The Morgan fingerprint density at radius 3 is 2.42 bits per heavy atom.